The Hall–Kier alpha value is -3.71. The van der Waals surface area contributed by atoms with E-state index in [0.29, 0.717) is 0 Å². The third-order valence-electron chi connectivity index (χ3n) is 6.79. The highest BCUT2D eigenvalue weighted by atomic mass is 32.1. The van der Waals surface area contributed by atoms with Crippen molar-refractivity contribution in [3.63, 3.8) is 0 Å². The smallest absolute Gasteiger partial charge is 0.170 e. The summed E-state index contributed by atoms with van der Waals surface area (Å²) in [5.41, 5.74) is 6.85. The van der Waals surface area contributed by atoms with Crippen LogP contribution in [0, 0.1) is 20.8 Å². The second-order valence-electron chi connectivity index (χ2n) is 9.32. The lowest BCUT2D eigenvalue weighted by Crippen LogP contribution is -2.31. The van der Waals surface area contributed by atoms with Crippen LogP contribution in [0.1, 0.15) is 46.7 Å². The summed E-state index contributed by atoms with van der Waals surface area (Å²) in [4.78, 5) is 11.7. The number of rotatable bonds is 8. The SMILES string of the molecule is Cc1ccc(-n2c(C)cc([C@@H]3[C@H](c4ccccn4)NC(=S)N3CCCNc3ccccc3)c2C)nc1. The van der Waals surface area contributed by atoms with Gasteiger partial charge in [0.2, 0.25) is 0 Å². The van der Waals surface area contributed by atoms with Gasteiger partial charge in [-0.2, -0.15) is 0 Å². The molecule has 0 unspecified atom stereocenters. The van der Waals surface area contributed by atoms with Gasteiger partial charge in [-0.05, 0) is 86.9 Å². The molecule has 2 N–H and O–H groups in total. The Kier molecular flexibility index (Phi) is 7.00. The van der Waals surface area contributed by atoms with Gasteiger partial charge in [-0.3, -0.25) is 4.98 Å². The Morgan fingerprint density at radius 3 is 2.50 bits per heavy atom. The van der Waals surface area contributed by atoms with Crippen molar-refractivity contribution < 1.29 is 0 Å². The largest absolute Gasteiger partial charge is 0.385 e. The predicted molar refractivity (Wildman–Crippen MR) is 149 cm³/mol. The van der Waals surface area contributed by atoms with Gasteiger partial charge in [0.25, 0.3) is 0 Å². The van der Waals surface area contributed by atoms with Crippen LogP contribution in [0.4, 0.5) is 5.69 Å². The molecule has 3 aromatic heterocycles. The lowest BCUT2D eigenvalue weighted by molar-refractivity contribution is 0.315. The Morgan fingerprint density at radius 2 is 1.78 bits per heavy atom. The van der Waals surface area contributed by atoms with Crippen molar-refractivity contribution in [1.82, 2.24) is 24.8 Å². The number of thiocarbonyl (C=S) groups is 1. The molecule has 1 fully saturated rings. The van der Waals surface area contributed by atoms with Gasteiger partial charge < -0.3 is 20.1 Å². The second-order valence-corrected chi connectivity index (χ2v) is 9.71. The van der Waals surface area contributed by atoms with Crippen LogP contribution in [0.25, 0.3) is 5.82 Å². The van der Waals surface area contributed by atoms with Crippen molar-refractivity contribution in [2.24, 2.45) is 0 Å². The normalized spacial score (nSPS) is 17.3. The topological polar surface area (TPSA) is 58.0 Å². The van der Waals surface area contributed by atoms with Gasteiger partial charge in [0, 0.05) is 42.6 Å². The molecule has 1 aliphatic heterocycles. The predicted octanol–water partition coefficient (Wildman–Crippen LogP) is 5.67. The van der Waals surface area contributed by atoms with Crippen LogP contribution in [0.15, 0.2) is 79.1 Å². The third-order valence-corrected chi connectivity index (χ3v) is 7.14. The standard InChI is InChI=1S/C29H32N6S/c1-20-13-14-26(32-19-20)35-21(2)18-24(22(35)3)28-27(25-12-7-8-15-31-25)33-29(36)34(28)17-9-16-30-23-10-5-4-6-11-23/h4-8,10-15,18-19,27-28,30H,9,16-17H2,1-3H3,(H,33,36)/t27-,28+/m0/s1. The number of anilines is 1. The molecule has 1 aromatic carbocycles. The summed E-state index contributed by atoms with van der Waals surface area (Å²) in [5.74, 6) is 0.934. The molecule has 6 nitrogen and oxygen atoms in total. The molecule has 0 spiro atoms. The number of aryl methyl sites for hydroxylation is 2. The minimum Gasteiger partial charge on any atom is -0.385 e. The summed E-state index contributed by atoms with van der Waals surface area (Å²) in [6, 6.07) is 22.9. The fourth-order valence-corrected chi connectivity index (χ4v) is 5.39. The molecule has 1 aliphatic rings. The van der Waals surface area contributed by atoms with Crippen LogP contribution in [0.2, 0.25) is 0 Å². The van der Waals surface area contributed by atoms with E-state index in [0.717, 1.165) is 53.1 Å². The maximum absolute atomic E-state index is 5.88. The van der Waals surface area contributed by atoms with Gasteiger partial charge >= 0.3 is 0 Å². The molecule has 0 saturated carbocycles. The molecule has 2 atom stereocenters. The fraction of sp³-hybridized carbons (Fsp3) is 0.276. The first-order chi connectivity index (χ1) is 17.5. The monoisotopic (exact) mass is 496 g/mol. The van der Waals surface area contributed by atoms with Gasteiger partial charge in [-0.1, -0.05) is 30.3 Å². The number of aromatic nitrogens is 3. The zero-order valence-electron chi connectivity index (χ0n) is 21.0. The van der Waals surface area contributed by atoms with E-state index in [2.05, 4.69) is 82.3 Å². The highest BCUT2D eigenvalue weighted by Gasteiger charge is 2.41. The molecule has 0 bridgehead atoms. The first-order valence-electron chi connectivity index (χ1n) is 12.4. The number of hydrogen-bond donors (Lipinski definition) is 2. The molecule has 1 saturated heterocycles. The fourth-order valence-electron chi connectivity index (χ4n) is 5.05. The molecule has 0 aliphatic carbocycles. The molecule has 7 heteroatoms. The van der Waals surface area contributed by atoms with Crippen LogP contribution >= 0.6 is 12.2 Å². The van der Waals surface area contributed by atoms with E-state index < -0.39 is 0 Å². The highest BCUT2D eigenvalue weighted by Crippen LogP contribution is 2.41. The number of benzene rings is 1. The third kappa shape index (κ3) is 4.84. The Morgan fingerprint density at radius 1 is 0.972 bits per heavy atom. The van der Waals surface area contributed by atoms with Crippen molar-refractivity contribution in [2.75, 3.05) is 18.4 Å². The zero-order valence-corrected chi connectivity index (χ0v) is 21.8. The van der Waals surface area contributed by atoms with Crippen molar-refractivity contribution in [2.45, 2.75) is 39.3 Å². The van der Waals surface area contributed by atoms with Crippen LogP contribution in [-0.4, -0.2) is 37.6 Å². The summed E-state index contributed by atoms with van der Waals surface area (Å²) in [6.07, 6.45) is 4.73. The molecular formula is C29H32N6S. The van der Waals surface area contributed by atoms with Gasteiger partial charge in [0.1, 0.15) is 5.82 Å². The number of hydrogen-bond acceptors (Lipinski definition) is 4. The van der Waals surface area contributed by atoms with Gasteiger partial charge in [-0.25, -0.2) is 4.98 Å². The Balaban J connectivity index is 1.45. The van der Waals surface area contributed by atoms with Gasteiger partial charge in [0.15, 0.2) is 5.11 Å². The Bertz CT molecular complexity index is 1320. The second kappa shape index (κ2) is 10.5. The molecule has 5 rings (SSSR count). The van der Waals surface area contributed by atoms with Crippen molar-refractivity contribution in [3.05, 3.63) is 107 Å². The van der Waals surface area contributed by atoms with Gasteiger partial charge in [0.05, 0.1) is 17.8 Å². The number of nitrogens with one attached hydrogen (secondary N) is 2. The van der Waals surface area contributed by atoms with E-state index in [1.807, 2.05) is 42.7 Å². The number of pyridine rings is 2. The van der Waals surface area contributed by atoms with Crippen molar-refractivity contribution >= 4 is 23.0 Å². The summed E-state index contributed by atoms with van der Waals surface area (Å²) >= 11 is 5.88. The number of nitrogens with zero attached hydrogens (tertiary/aromatic N) is 4. The van der Waals surface area contributed by atoms with E-state index >= 15 is 0 Å². The summed E-state index contributed by atoms with van der Waals surface area (Å²) in [5, 5.41) is 7.87. The lowest BCUT2D eigenvalue weighted by atomic mass is 9.96. The van der Waals surface area contributed by atoms with Crippen LogP contribution < -0.4 is 10.6 Å². The zero-order chi connectivity index (χ0) is 25.1. The maximum Gasteiger partial charge on any atom is 0.170 e. The Labute approximate surface area is 218 Å². The van der Waals surface area contributed by atoms with E-state index in [1.54, 1.807) is 0 Å². The summed E-state index contributed by atoms with van der Waals surface area (Å²) in [7, 11) is 0. The van der Waals surface area contributed by atoms with E-state index in [9.17, 15) is 0 Å². The van der Waals surface area contributed by atoms with Crippen LogP contribution in [0.5, 0.6) is 0 Å². The van der Waals surface area contributed by atoms with E-state index in [4.69, 9.17) is 17.2 Å². The molecule has 36 heavy (non-hydrogen) atoms. The minimum atomic E-state index is -0.0271. The molecule has 4 aromatic rings. The lowest BCUT2D eigenvalue weighted by Gasteiger charge is -2.28. The molecule has 0 amide bonds. The molecular weight excluding hydrogens is 464 g/mol. The summed E-state index contributed by atoms with van der Waals surface area (Å²) in [6.45, 7) is 8.09. The quantitative estimate of drug-likeness (QED) is 0.242. The summed E-state index contributed by atoms with van der Waals surface area (Å²) < 4.78 is 2.24. The minimum absolute atomic E-state index is 0.0271. The average Bonchev–Trinajstić information content (AvgIpc) is 3.38. The molecule has 184 valence electrons. The van der Waals surface area contributed by atoms with Crippen molar-refractivity contribution in [1.29, 1.82) is 0 Å². The number of para-hydroxylation sites is 1. The maximum atomic E-state index is 5.88. The first kappa shape index (κ1) is 24.0. The van der Waals surface area contributed by atoms with E-state index in [1.165, 1.54) is 11.3 Å². The van der Waals surface area contributed by atoms with Crippen LogP contribution in [0.3, 0.4) is 0 Å². The van der Waals surface area contributed by atoms with Gasteiger partial charge in [-0.15, -0.1) is 0 Å². The van der Waals surface area contributed by atoms with E-state index in [-0.39, 0.29) is 12.1 Å². The molecule has 4 heterocycles. The molecule has 0 radical (unpaired) electrons. The first-order valence-corrected chi connectivity index (χ1v) is 12.8. The van der Waals surface area contributed by atoms with Crippen LogP contribution in [-0.2, 0) is 0 Å². The average molecular weight is 497 g/mol. The van der Waals surface area contributed by atoms with Crippen molar-refractivity contribution in [3.8, 4) is 5.82 Å². The highest BCUT2D eigenvalue weighted by molar-refractivity contribution is 7.80.